The van der Waals surface area contributed by atoms with Gasteiger partial charge in [-0.25, -0.2) is 0 Å². The normalized spacial score (nSPS) is 11.7. The number of rotatable bonds is 5. The van der Waals surface area contributed by atoms with Crippen molar-refractivity contribution < 1.29 is 17.7 Å². The van der Waals surface area contributed by atoms with Gasteiger partial charge >= 0.3 is 6.18 Å². The van der Waals surface area contributed by atoms with E-state index in [1.165, 1.54) is 12.1 Å². The SMILES string of the molecule is CN=C(NCc1ccc(C(F)(F)F)cc1)NCc1nc(-c2ccc(Cl)cc2)no1.I. The molecule has 0 atom stereocenters. The molecule has 0 bridgehead atoms. The predicted molar refractivity (Wildman–Crippen MR) is 119 cm³/mol. The molecule has 0 unspecified atom stereocenters. The van der Waals surface area contributed by atoms with Crippen LogP contribution in [0, 0.1) is 0 Å². The van der Waals surface area contributed by atoms with Gasteiger partial charge in [0.15, 0.2) is 5.96 Å². The molecule has 2 aromatic carbocycles. The average molecular weight is 552 g/mol. The zero-order valence-electron chi connectivity index (χ0n) is 15.7. The number of nitrogens with one attached hydrogen (secondary N) is 2. The highest BCUT2D eigenvalue weighted by Gasteiger charge is 2.29. The van der Waals surface area contributed by atoms with Crippen molar-refractivity contribution in [1.29, 1.82) is 0 Å². The minimum atomic E-state index is -4.35. The molecular formula is C19H18ClF3IN5O. The summed E-state index contributed by atoms with van der Waals surface area (Å²) in [6.07, 6.45) is -4.35. The van der Waals surface area contributed by atoms with Gasteiger partial charge < -0.3 is 15.2 Å². The van der Waals surface area contributed by atoms with Gasteiger partial charge in [-0.1, -0.05) is 28.9 Å². The second-order valence-corrected chi connectivity index (χ2v) is 6.43. The van der Waals surface area contributed by atoms with Crippen LogP contribution in [0.25, 0.3) is 11.4 Å². The van der Waals surface area contributed by atoms with Gasteiger partial charge in [-0.15, -0.1) is 24.0 Å². The van der Waals surface area contributed by atoms with Gasteiger partial charge in [-0.3, -0.25) is 4.99 Å². The van der Waals surface area contributed by atoms with Crippen LogP contribution >= 0.6 is 35.6 Å². The third kappa shape index (κ3) is 6.59. The Morgan fingerprint density at radius 3 is 2.27 bits per heavy atom. The molecule has 0 radical (unpaired) electrons. The maximum absolute atomic E-state index is 12.6. The van der Waals surface area contributed by atoms with Crippen LogP contribution in [0.1, 0.15) is 17.0 Å². The number of hydrogen-bond acceptors (Lipinski definition) is 4. The number of aromatic nitrogens is 2. The number of aliphatic imine (C=N–C) groups is 1. The summed E-state index contributed by atoms with van der Waals surface area (Å²) in [6, 6.07) is 12.0. The zero-order chi connectivity index (χ0) is 20.9. The van der Waals surface area contributed by atoms with E-state index >= 15 is 0 Å². The first-order valence-corrected chi connectivity index (χ1v) is 8.92. The molecule has 0 aliphatic rings. The highest BCUT2D eigenvalue weighted by Crippen LogP contribution is 2.29. The van der Waals surface area contributed by atoms with Crippen molar-refractivity contribution in [3.8, 4) is 11.4 Å². The van der Waals surface area contributed by atoms with Crippen molar-refractivity contribution in [3.63, 3.8) is 0 Å². The Balaban J connectivity index is 0.00000320. The number of guanidine groups is 1. The third-order valence-corrected chi connectivity index (χ3v) is 4.19. The molecule has 160 valence electrons. The first kappa shape index (κ1) is 23.9. The van der Waals surface area contributed by atoms with E-state index < -0.39 is 11.7 Å². The molecule has 0 saturated heterocycles. The summed E-state index contributed by atoms with van der Waals surface area (Å²) < 4.78 is 43.0. The predicted octanol–water partition coefficient (Wildman–Crippen LogP) is 4.89. The van der Waals surface area contributed by atoms with Crippen molar-refractivity contribution >= 4 is 41.5 Å². The molecule has 0 aliphatic heterocycles. The lowest BCUT2D eigenvalue weighted by atomic mass is 10.1. The topological polar surface area (TPSA) is 75.3 Å². The number of halogens is 5. The fourth-order valence-electron chi connectivity index (χ4n) is 2.42. The van der Waals surface area contributed by atoms with Crippen molar-refractivity contribution in [3.05, 3.63) is 70.6 Å². The van der Waals surface area contributed by atoms with E-state index in [0.717, 1.165) is 17.7 Å². The second kappa shape index (κ2) is 10.6. The van der Waals surface area contributed by atoms with Crippen LogP contribution in [-0.4, -0.2) is 23.1 Å². The largest absolute Gasteiger partial charge is 0.416 e. The van der Waals surface area contributed by atoms with Gasteiger partial charge in [0.1, 0.15) is 0 Å². The molecule has 0 aliphatic carbocycles. The first-order valence-electron chi connectivity index (χ1n) is 8.54. The Hall–Kier alpha value is -2.34. The highest BCUT2D eigenvalue weighted by atomic mass is 127. The van der Waals surface area contributed by atoms with E-state index in [-0.39, 0.29) is 30.5 Å². The van der Waals surface area contributed by atoms with E-state index in [1.54, 1.807) is 31.3 Å². The summed E-state index contributed by atoms with van der Waals surface area (Å²) >= 11 is 5.86. The zero-order valence-corrected chi connectivity index (χ0v) is 18.8. The smallest absolute Gasteiger partial charge is 0.352 e. The van der Waals surface area contributed by atoms with Gasteiger partial charge in [0.05, 0.1) is 12.1 Å². The lowest BCUT2D eigenvalue weighted by molar-refractivity contribution is -0.137. The number of benzene rings is 2. The van der Waals surface area contributed by atoms with Gasteiger partial charge in [0, 0.05) is 24.2 Å². The van der Waals surface area contributed by atoms with Crippen LogP contribution in [0.5, 0.6) is 0 Å². The molecule has 2 N–H and O–H groups in total. The van der Waals surface area contributed by atoms with Gasteiger partial charge in [-0.2, -0.15) is 18.2 Å². The van der Waals surface area contributed by atoms with Crippen LogP contribution in [0.2, 0.25) is 5.02 Å². The third-order valence-electron chi connectivity index (χ3n) is 3.94. The second-order valence-electron chi connectivity index (χ2n) is 5.99. The van der Waals surface area contributed by atoms with Crippen molar-refractivity contribution in [2.75, 3.05) is 7.05 Å². The van der Waals surface area contributed by atoms with E-state index in [0.29, 0.717) is 34.8 Å². The quantitative estimate of drug-likeness (QED) is 0.268. The van der Waals surface area contributed by atoms with Crippen LogP contribution in [-0.2, 0) is 19.3 Å². The molecule has 0 amide bonds. The molecule has 0 saturated carbocycles. The maximum atomic E-state index is 12.6. The van der Waals surface area contributed by atoms with Crippen LogP contribution < -0.4 is 10.6 Å². The van der Waals surface area contributed by atoms with E-state index in [2.05, 4.69) is 25.8 Å². The fraction of sp³-hybridized carbons (Fsp3) is 0.211. The van der Waals surface area contributed by atoms with Gasteiger partial charge in [0.2, 0.25) is 11.7 Å². The van der Waals surface area contributed by atoms with Crippen LogP contribution in [0.4, 0.5) is 13.2 Å². The lowest BCUT2D eigenvalue weighted by Crippen LogP contribution is -2.36. The van der Waals surface area contributed by atoms with Crippen molar-refractivity contribution in [1.82, 2.24) is 20.8 Å². The Morgan fingerprint density at radius 2 is 1.67 bits per heavy atom. The van der Waals surface area contributed by atoms with E-state index in [9.17, 15) is 13.2 Å². The Morgan fingerprint density at radius 1 is 1.03 bits per heavy atom. The maximum Gasteiger partial charge on any atom is 0.416 e. The molecule has 6 nitrogen and oxygen atoms in total. The van der Waals surface area contributed by atoms with Gasteiger partial charge in [-0.05, 0) is 42.0 Å². The van der Waals surface area contributed by atoms with Gasteiger partial charge in [0.25, 0.3) is 0 Å². The minimum Gasteiger partial charge on any atom is -0.352 e. The molecule has 0 spiro atoms. The number of nitrogens with zero attached hydrogens (tertiary/aromatic N) is 3. The Bertz CT molecular complexity index is 975. The molecule has 30 heavy (non-hydrogen) atoms. The fourth-order valence-corrected chi connectivity index (χ4v) is 2.55. The summed E-state index contributed by atoms with van der Waals surface area (Å²) in [4.78, 5) is 8.35. The molecule has 1 heterocycles. The molecular weight excluding hydrogens is 534 g/mol. The van der Waals surface area contributed by atoms with Crippen LogP contribution in [0.3, 0.4) is 0 Å². The summed E-state index contributed by atoms with van der Waals surface area (Å²) in [7, 11) is 1.58. The Labute approximate surface area is 192 Å². The highest BCUT2D eigenvalue weighted by molar-refractivity contribution is 14.0. The molecule has 3 aromatic rings. The molecule has 3 rings (SSSR count). The number of hydrogen-bond donors (Lipinski definition) is 2. The molecule has 1 aromatic heterocycles. The Kier molecular flexibility index (Phi) is 8.47. The minimum absolute atomic E-state index is 0. The monoisotopic (exact) mass is 551 g/mol. The molecule has 11 heteroatoms. The van der Waals surface area contributed by atoms with Crippen molar-refractivity contribution in [2.24, 2.45) is 4.99 Å². The summed E-state index contributed by atoms with van der Waals surface area (Å²) in [5.74, 6) is 1.23. The summed E-state index contributed by atoms with van der Waals surface area (Å²) in [5.41, 5.74) is 0.773. The average Bonchev–Trinajstić information content (AvgIpc) is 3.17. The lowest BCUT2D eigenvalue weighted by Gasteiger charge is -2.11. The summed E-state index contributed by atoms with van der Waals surface area (Å²) in [5, 5.41) is 10.6. The summed E-state index contributed by atoms with van der Waals surface area (Å²) in [6.45, 7) is 0.533. The van der Waals surface area contributed by atoms with E-state index in [1.807, 2.05) is 0 Å². The molecule has 0 fully saturated rings. The van der Waals surface area contributed by atoms with E-state index in [4.69, 9.17) is 16.1 Å². The number of alkyl halides is 3. The van der Waals surface area contributed by atoms with Crippen LogP contribution in [0.15, 0.2) is 58.0 Å². The first-order chi connectivity index (χ1) is 13.8. The standard InChI is InChI=1S/C19H17ClF3N5O.HI/c1-24-18(25-10-12-2-6-14(7-3-12)19(21,22)23)26-11-16-27-17(28-29-16)13-4-8-15(20)9-5-13;/h2-9H,10-11H2,1H3,(H2,24,25,26);1H. The van der Waals surface area contributed by atoms with Crippen molar-refractivity contribution in [2.45, 2.75) is 19.3 Å².